The lowest BCUT2D eigenvalue weighted by atomic mass is 9.96. The number of rotatable bonds is 2. The van der Waals surface area contributed by atoms with E-state index in [1.54, 1.807) is 6.20 Å². The molecule has 0 saturated carbocycles. The van der Waals surface area contributed by atoms with E-state index in [4.69, 9.17) is 0 Å². The highest BCUT2D eigenvalue weighted by molar-refractivity contribution is 7.99. The van der Waals surface area contributed by atoms with Crippen LogP contribution in [0, 0.1) is 0 Å². The number of pyridine rings is 1. The molecular weight excluding hydrogens is 306 g/mol. The Kier molecular flexibility index (Phi) is 3.58. The Labute approximate surface area is 138 Å². The Morgan fingerprint density at radius 3 is 3.17 bits per heavy atom. The summed E-state index contributed by atoms with van der Waals surface area (Å²) in [4.78, 5) is 21.1. The van der Waals surface area contributed by atoms with Gasteiger partial charge in [0.2, 0.25) is 0 Å². The van der Waals surface area contributed by atoms with Crippen molar-refractivity contribution in [1.82, 2.24) is 9.97 Å². The fraction of sp³-hybridized carbons (Fsp3) is 0.222. The number of carbonyl (C=O) groups is 1. The summed E-state index contributed by atoms with van der Waals surface area (Å²) in [5.74, 6) is 1.61. The first-order valence-electron chi connectivity index (χ1n) is 7.72. The molecule has 0 radical (unpaired) electrons. The number of hydrogen-bond acceptors (Lipinski definition) is 3. The average Bonchev–Trinajstić information content (AvgIpc) is 3.04. The van der Waals surface area contributed by atoms with Crippen LogP contribution in [0.1, 0.15) is 35.2 Å². The second-order valence-corrected chi connectivity index (χ2v) is 6.98. The predicted molar refractivity (Wildman–Crippen MR) is 94.2 cm³/mol. The van der Waals surface area contributed by atoms with E-state index >= 15 is 0 Å². The topological polar surface area (TPSA) is 57.8 Å². The van der Waals surface area contributed by atoms with Gasteiger partial charge in [0.25, 0.3) is 5.91 Å². The Morgan fingerprint density at radius 2 is 2.26 bits per heavy atom. The minimum absolute atomic E-state index is 0.0830. The van der Waals surface area contributed by atoms with Crippen LogP contribution in [0.4, 0.5) is 5.69 Å². The van der Waals surface area contributed by atoms with Gasteiger partial charge in [-0.25, -0.2) is 4.98 Å². The second kappa shape index (κ2) is 5.74. The third-order valence-corrected chi connectivity index (χ3v) is 5.43. The number of benzene rings is 1. The molecule has 1 unspecified atom stereocenters. The molecule has 1 aliphatic rings. The van der Waals surface area contributed by atoms with Crippen LogP contribution in [0.25, 0.3) is 11.0 Å². The van der Waals surface area contributed by atoms with Crippen molar-refractivity contribution in [2.75, 3.05) is 11.1 Å². The van der Waals surface area contributed by atoms with Crippen molar-refractivity contribution in [2.24, 2.45) is 0 Å². The number of aromatic amines is 1. The Morgan fingerprint density at radius 1 is 1.35 bits per heavy atom. The molecule has 3 aromatic rings. The number of hydrogen-bond donors (Lipinski definition) is 2. The van der Waals surface area contributed by atoms with Gasteiger partial charge in [0.15, 0.2) is 0 Å². The molecule has 1 aliphatic heterocycles. The van der Waals surface area contributed by atoms with Crippen LogP contribution in [-0.2, 0) is 0 Å². The maximum Gasteiger partial charge on any atom is 0.255 e. The molecule has 116 valence electrons. The second-order valence-electron chi connectivity index (χ2n) is 5.84. The van der Waals surface area contributed by atoms with Crippen LogP contribution in [0.3, 0.4) is 0 Å². The quantitative estimate of drug-likeness (QED) is 0.734. The van der Waals surface area contributed by atoms with Crippen molar-refractivity contribution in [3.05, 3.63) is 53.9 Å². The summed E-state index contributed by atoms with van der Waals surface area (Å²) in [7, 11) is 0. The zero-order valence-electron chi connectivity index (χ0n) is 12.8. The first-order chi connectivity index (χ1) is 11.2. The summed E-state index contributed by atoms with van der Waals surface area (Å²) < 4.78 is 0. The van der Waals surface area contributed by atoms with Crippen LogP contribution in [-0.4, -0.2) is 21.6 Å². The fourth-order valence-corrected chi connectivity index (χ4v) is 4.31. The highest BCUT2D eigenvalue weighted by atomic mass is 32.2. The molecular formula is C18H17N3OS. The van der Waals surface area contributed by atoms with Gasteiger partial charge in [-0.05, 0) is 47.9 Å². The van der Waals surface area contributed by atoms with Gasteiger partial charge in [0, 0.05) is 28.2 Å². The van der Waals surface area contributed by atoms with E-state index < -0.39 is 0 Å². The summed E-state index contributed by atoms with van der Waals surface area (Å²) in [5.41, 5.74) is 3.61. The lowest BCUT2D eigenvalue weighted by Gasteiger charge is -2.22. The number of amides is 1. The zero-order valence-corrected chi connectivity index (χ0v) is 13.6. The van der Waals surface area contributed by atoms with E-state index in [2.05, 4.69) is 28.3 Å². The number of aromatic nitrogens is 2. The Balaban J connectivity index is 1.63. The molecule has 0 spiro atoms. The molecule has 4 nitrogen and oxygen atoms in total. The summed E-state index contributed by atoms with van der Waals surface area (Å²) in [6.07, 6.45) is 4.72. The van der Waals surface area contributed by atoms with Crippen molar-refractivity contribution in [3.63, 3.8) is 0 Å². The molecule has 0 saturated heterocycles. The summed E-state index contributed by atoms with van der Waals surface area (Å²) in [6.45, 7) is 2.25. The molecule has 2 aromatic heterocycles. The minimum Gasteiger partial charge on any atom is -0.346 e. The number of thioether (sulfide) groups is 1. The molecule has 1 atom stereocenters. The predicted octanol–water partition coefficient (Wildman–Crippen LogP) is 4.41. The highest BCUT2D eigenvalue weighted by Crippen LogP contribution is 2.37. The number of fused-ring (bicyclic) bond motifs is 2. The summed E-state index contributed by atoms with van der Waals surface area (Å²) >= 11 is 1.84. The number of carbonyl (C=O) groups excluding carboxylic acids is 1. The first-order valence-corrected chi connectivity index (χ1v) is 8.71. The maximum atomic E-state index is 12.6. The Bertz CT molecular complexity index is 887. The molecule has 1 aromatic carbocycles. The van der Waals surface area contributed by atoms with Gasteiger partial charge >= 0.3 is 0 Å². The molecule has 23 heavy (non-hydrogen) atoms. The first kappa shape index (κ1) is 14.3. The maximum absolute atomic E-state index is 12.6. The number of H-pyrrole nitrogens is 1. The van der Waals surface area contributed by atoms with E-state index in [0.29, 0.717) is 11.5 Å². The van der Waals surface area contributed by atoms with Gasteiger partial charge < -0.3 is 10.3 Å². The normalized spacial score (nSPS) is 17.0. The highest BCUT2D eigenvalue weighted by Gasteiger charge is 2.19. The van der Waals surface area contributed by atoms with Gasteiger partial charge in [-0.15, -0.1) is 11.8 Å². The van der Waals surface area contributed by atoms with Crippen molar-refractivity contribution < 1.29 is 4.79 Å². The number of nitrogens with zero attached hydrogens (tertiary/aromatic N) is 1. The lowest BCUT2D eigenvalue weighted by Crippen LogP contribution is -2.13. The SMILES string of the molecule is CC1CCSc2cc(C(=O)Nc3ccnc4[nH]ccc34)ccc21. The van der Waals surface area contributed by atoms with E-state index in [-0.39, 0.29) is 5.91 Å². The average molecular weight is 323 g/mol. The monoisotopic (exact) mass is 323 g/mol. The van der Waals surface area contributed by atoms with Crippen LogP contribution in [0.2, 0.25) is 0 Å². The molecule has 4 rings (SSSR count). The molecule has 0 aliphatic carbocycles. The lowest BCUT2D eigenvalue weighted by molar-refractivity contribution is 0.102. The van der Waals surface area contributed by atoms with E-state index in [1.165, 1.54) is 16.9 Å². The third kappa shape index (κ3) is 2.61. The van der Waals surface area contributed by atoms with E-state index in [9.17, 15) is 4.79 Å². The molecule has 2 N–H and O–H groups in total. The molecule has 0 bridgehead atoms. The van der Waals surface area contributed by atoms with Gasteiger partial charge in [-0.2, -0.15) is 0 Å². The largest absolute Gasteiger partial charge is 0.346 e. The van der Waals surface area contributed by atoms with Crippen LogP contribution in [0.5, 0.6) is 0 Å². The van der Waals surface area contributed by atoms with Crippen LogP contribution in [0.15, 0.2) is 47.6 Å². The van der Waals surface area contributed by atoms with E-state index in [1.807, 2.05) is 42.2 Å². The van der Waals surface area contributed by atoms with Gasteiger partial charge in [0.05, 0.1) is 5.69 Å². The van der Waals surface area contributed by atoms with Gasteiger partial charge in [-0.1, -0.05) is 13.0 Å². The van der Waals surface area contributed by atoms with E-state index in [0.717, 1.165) is 22.5 Å². The van der Waals surface area contributed by atoms with Gasteiger partial charge in [-0.3, -0.25) is 4.79 Å². The molecule has 0 fully saturated rings. The third-order valence-electron chi connectivity index (χ3n) is 4.32. The molecule has 1 amide bonds. The summed E-state index contributed by atoms with van der Waals surface area (Å²) in [6, 6.07) is 9.78. The van der Waals surface area contributed by atoms with Crippen LogP contribution >= 0.6 is 11.8 Å². The molecule has 3 heterocycles. The summed E-state index contributed by atoms with van der Waals surface area (Å²) in [5, 5.41) is 3.92. The standard InChI is InChI=1S/C18H17N3OS/c1-11-6-9-23-16-10-12(2-3-13(11)16)18(22)21-15-5-8-20-17-14(15)4-7-19-17/h2-5,7-8,10-11H,6,9H2,1H3,(H2,19,20,21,22). The van der Waals surface area contributed by atoms with Crippen molar-refractivity contribution in [3.8, 4) is 0 Å². The zero-order chi connectivity index (χ0) is 15.8. The fourth-order valence-electron chi connectivity index (χ4n) is 2.97. The number of nitrogens with one attached hydrogen (secondary N) is 2. The molecule has 5 heteroatoms. The smallest absolute Gasteiger partial charge is 0.255 e. The number of anilines is 1. The van der Waals surface area contributed by atoms with Crippen LogP contribution < -0.4 is 5.32 Å². The van der Waals surface area contributed by atoms with Crippen molar-refractivity contribution >= 4 is 34.4 Å². The van der Waals surface area contributed by atoms with Crippen molar-refractivity contribution in [1.29, 1.82) is 0 Å². The Hall–Kier alpha value is -2.27. The van der Waals surface area contributed by atoms with Crippen molar-refractivity contribution in [2.45, 2.75) is 24.2 Å². The minimum atomic E-state index is -0.0830. The van der Waals surface area contributed by atoms with Gasteiger partial charge in [0.1, 0.15) is 5.65 Å².